The van der Waals surface area contributed by atoms with Crippen LogP contribution in [0, 0.1) is 3.57 Å². The zero-order valence-electron chi connectivity index (χ0n) is 11.2. The molecule has 0 saturated carbocycles. The van der Waals surface area contributed by atoms with Crippen LogP contribution < -0.4 is 4.74 Å². The Kier molecular flexibility index (Phi) is 6.54. The van der Waals surface area contributed by atoms with Gasteiger partial charge in [0.25, 0.3) is 5.91 Å². The molecule has 0 aliphatic rings. The van der Waals surface area contributed by atoms with E-state index in [9.17, 15) is 9.59 Å². The Morgan fingerprint density at radius 2 is 2.10 bits per heavy atom. The molecule has 0 saturated heterocycles. The number of hydrogen-bond donors (Lipinski definition) is 1. The lowest BCUT2D eigenvalue weighted by atomic mass is 10.1. The molecule has 0 heterocycles. The number of carbonyl (C=O) groups is 2. The van der Waals surface area contributed by atoms with Crippen molar-refractivity contribution in [1.29, 1.82) is 0 Å². The summed E-state index contributed by atoms with van der Waals surface area (Å²) in [7, 11) is 1.46. The number of rotatable bonds is 6. The lowest BCUT2D eigenvalue weighted by Gasteiger charge is -2.21. The molecule has 1 N–H and O–H groups in total. The van der Waals surface area contributed by atoms with Crippen LogP contribution in [0.3, 0.4) is 0 Å². The summed E-state index contributed by atoms with van der Waals surface area (Å²) in [4.78, 5) is 24.5. The van der Waals surface area contributed by atoms with Crippen molar-refractivity contribution in [2.45, 2.75) is 13.3 Å². The van der Waals surface area contributed by atoms with Crippen LogP contribution in [0.5, 0.6) is 5.75 Å². The maximum atomic E-state index is 12.4. The molecule has 0 fully saturated rings. The molecule has 0 radical (unpaired) electrons. The standard InChI is InChI=1S/C13H15ClINO4/c1-3-4-16(7-12(17)18)13(19)8-5-9(14)10(15)6-11(8)20-2/h5-6H,3-4,7H2,1-2H3,(H,17,18). The van der Waals surface area contributed by atoms with E-state index in [1.165, 1.54) is 18.1 Å². The molecule has 0 aromatic heterocycles. The van der Waals surface area contributed by atoms with E-state index in [4.69, 9.17) is 21.4 Å². The van der Waals surface area contributed by atoms with Crippen LogP contribution in [0.2, 0.25) is 5.02 Å². The number of ether oxygens (including phenoxy) is 1. The van der Waals surface area contributed by atoms with Gasteiger partial charge in [-0.25, -0.2) is 0 Å². The van der Waals surface area contributed by atoms with E-state index in [-0.39, 0.29) is 12.1 Å². The zero-order chi connectivity index (χ0) is 15.3. The van der Waals surface area contributed by atoms with Gasteiger partial charge in [-0.2, -0.15) is 0 Å². The largest absolute Gasteiger partial charge is 0.496 e. The minimum absolute atomic E-state index is 0.271. The van der Waals surface area contributed by atoms with Crippen molar-refractivity contribution >= 4 is 46.1 Å². The van der Waals surface area contributed by atoms with E-state index < -0.39 is 11.9 Å². The summed E-state index contributed by atoms with van der Waals surface area (Å²) in [6.07, 6.45) is 0.666. The molecule has 5 nitrogen and oxygen atoms in total. The van der Waals surface area contributed by atoms with Crippen LogP contribution in [0.25, 0.3) is 0 Å². The molecule has 0 unspecified atom stereocenters. The van der Waals surface area contributed by atoms with Crippen LogP contribution in [0.15, 0.2) is 12.1 Å². The van der Waals surface area contributed by atoms with E-state index in [1.54, 1.807) is 6.07 Å². The molecule has 0 aliphatic heterocycles. The molecule has 0 bridgehead atoms. The third-order valence-electron chi connectivity index (χ3n) is 2.58. The summed E-state index contributed by atoms with van der Waals surface area (Å²) in [5, 5.41) is 9.31. The van der Waals surface area contributed by atoms with Crippen molar-refractivity contribution in [3.63, 3.8) is 0 Å². The fourth-order valence-corrected chi connectivity index (χ4v) is 2.32. The highest BCUT2D eigenvalue weighted by molar-refractivity contribution is 14.1. The van der Waals surface area contributed by atoms with Crippen molar-refractivity contribution in [3.8, 4) is 5.75 Å². The van der Waals surface area contributed by atoms with Gasteiger partial charge in [0, 0.05) is 10.1 Å². The van der Waals surface area contributed by atoms with E-state index in [0.29, 0.717) is 23.7 Å². The summed E-state index contributed by atoms with van der Waals surface area (Å²) in [6, 6.07) is 3.16. The molecule has 110 valence electrons. The van der Waals surface area contributed by atoms with Gasteiger partial charge in [0.05, 0.1) is 17.7 Å². The van der Waals surface area contributed by atoms with Crippen molar-refractivity contribution < 1.29 is 19.4 Å². The molecule has 0 atom stereocenters. The Bertz CT molecular complexity index is 521. The molecule has 1 aromatic rings. The maximum Gasteiger partial charge on any atom is 0.323 e. The minimum atomic E-state index is -1.05. The molecule has 0 aliphatic carbocycles. The smallest absolute Gasteiger partial charge is 0.323 e. The predicted molar refractivity (Wildman–Crippen MR) is 84.6 cm³/mol. The van der Waals surface area contributed by atoms with Gasteiger partial charge < -0.3 is 14.7 Å². The Labute approximate surface area is 136 Å². The van der Waals surface area contributed by atoms with Crippen LogP contribution in [0.1, 0.15) is 23.7 Å². The number of hydrogen-bond acceptors (Lipinski definition) is 3. The molecule has 20 heavy (non-hydrogen) atoms. The lowest BCUT2D eigenvalue weighted by Crippen LogP contribution is -2.36. The first kappa shape index (κ1) is 17.0. The number of carboxylic acids is 1. The van der Waals surface area contributed by atoms with Crippen molar-refractivity contribution in [1.82, 2.24) is 4.90 Å². The summed E-state index contributed by atoms with van der Waals surface area (Å²) in [5.74, 6) is -1.07. The quantitative estimate of drug-likeness (QED) is 0.731. The second-order valence-corrected chi connectivity index (χ2v) is 5.66. The van der Waals surface area contributed by atoms with Crippen molar-refractivity contribution in [2.75, 3.05) is 20.2 Å². The third kappa shape index (κ3) is 4.24. The fourth-order valence-electron chi connectivity index (χ4n) is 1.72. The van der Waals surface area contributed by atoms with E-state index >= 15 is 0 Å². The van der Waals surface area contributed by atoms with E-state index in [0.717, 1.165) is 3.57 Å². The average molecular weight is 412 g/mol. The Morgan fingerprint density at radius 3 is 2.60 bits per heavy atom. The second kappa shape index (κ2) is 7.68. The van der Waals surface area contributed by atoms with Gasteiger partial charge in [-0.15, -0.1) is 0 Å². The molecule has 1 rings (SSSR count). The van der Waals surface area contributed by atoms with E-state index in [1.807, 2.05) is 29.5 Å². The van der Waals surface area contributed by atoms with Crippen LogP contribution >= 0.6 is 34.2 Å². The van der Waals surface area contributed by atoms with Gasteiger partial charge >= 0.3 is 5.97 Å². The predicted octanol–water partition coefficient (Wildman–Crippen LogP) is 2.89. The van der Waals surface area contributed by atoms with Gasteiger partial charge in [-0.1, -0.05) is 18.5 Å². The maximum absolute atomic E-state index is 12.4. The Hall–Kier alpha value is -1.02. The highest BCUT2D eigenvalue weighted by atomic mass is 127. The highest BCUT2D eigenvalue weighted by Gasteiger charge is 2.22. The van der Waals surface area contributed by atoms with Gasteiger partial charge in [-0.3, -0.25) is 9.59 Å². The first-order chi connectivity index (χ1) is 9.40. The summed E-state index contributed by atoms with van der Waals surface area (Å²) in [5.41, 5.74) is 0.271. The Balaban J connectivity index is 3.16. The molecule has 0 spiro atoms. The number of carbonyl (C=O) groups excluding carboxylic acids is 1. The molecular formula is C13H15ClINO4. The number of aliphatic carboxylic acids is 1. The molecule has 7 heteroatoms. The van der Waals surface area contributed by atoms with Gasteiger partial charge in [0.2, 0.25) is 0 Å². The van der Waals surface area contributed by atoms with Gasteiger partial charge in [0.1, 0.15) is 12.3 Å². The van der Waals surface area contributed by atoms with Crippen LogP contribution in [0.4, 0.5) is 0 Å². The van der Waals surface area contributed by atoms with Gasteiger partial charge in [-0.05, 0) is 41.1 Å². The number of methoxy groups -OCH3 is 1. The number of halogens is 2. The summed E-state index contributed by atoms with van der Waals surface area (Å²) >= 11 is 8.06. The molecule has 1 aromatic carbocycles. The molecular weight excluding hydrogens is 397 g/mol. The number of carboxylic acid groups (broad SMARTS) is 1. The van der Waals surface area contributed by atoms with Crippen molar-refractivity contribution in [3.05, 3.63) is 26.3 Å². The average Bonchev–Trinajstić information content (AvgIpc) is 2.39. The zero-order valence-corrected chi connectivity index (χ0v) is 14.1. The summed E-state index contributed by atoms with van der Waals surface area (Å²) in [6.45, 7) is 1.89. The Morgan fingerprint density at radius 1 is 1.45 bits per heavy atom. The second-order valence-electron chi connectivity index (χ2n) is 4.09. The first-order valence-corrected chi connectivity index (χ1v) is 7.40. The normalized spacial score (nSPS) is 10.2. The molecule has 1 amide bonds. The minimum Gasteiger partial charge on any atom is -0.496 e. The monoisotopic (exact) mass is 411 g/mol. The topological polar surface area (TPSA) is 66.8 Å². The lowest BCUT2D eigenvalue weighted by molar-refractivity contribution is -0.137. The SMILES string of the molecule is CCCN(CC(=O)O)C(=O)c1cc(Cl)c(I)cc1OC. The number of nitrogens with zero attached hydrogens (tertiary/aromatic N) is 1. The van der Waals surface area contributed by atoms with Crippen LogP contribution in [-0.4, -0.2) is 42.1 Å². The third-order valence-corrected chi connectivity index (χ3v) is 4.10. The summed E-state index contributed by atoms with van der Waals surface area (Å²) < 4.78 is 5.94. The first-order valence-electron chi connectivity index (χ1n) is 5.94. The fraction of sp³-hybridized carbons (Fsp3) is 0.385. The highest BCUT2D eigenvalue weighted by Crippen LogP contribution is 2.29. The number of amides is 1. The number of benzene rings is 1. The van der Waals surface area contributed by atoms with E-state index in [2.05, 4.69) is 0 Å². The van der Waals surface area contributed by atoms with Gasteiger partial charge in [0.15, 0.2) is 0 Å². The van der Waals surface area contributed by atoms with Crippen LogP contribution in [-0.2, 0) is 4.79 Å². The van der Waals surface area contributed by atoms with Crippen molar-refractivity contribution in [2.24, 2.45) is 0 Å².